The third-order valence-electron chi connectivity index (χ3n) is 4.53. The second-order valence-corrected chi connectivity index (χ2v) is 6.16. The molecular weight excluding hydrogens is 310 g/mol. The summed E-state index contributed by atoms with van der Waals surface area (Å²) >= 11 is 0. The van der Waals surface area contributed by atoms with E-state index in [1.54, 1.807) is 6.08 Å². The number of esters is 1. The van der Waals surface area contributed by atoms with Gasteiger partial charge in [-0.3, -0.25) is 4.79 Å². The summed E-state index contributed by atoms with van der Waals surface area (Å²) in [5.74, 6) is -0.477. The number of rotatable bonds is 4. The summed E-state index contributed by atoms with van der Waals surface area (Å²) < 4.78 is 5.48. The summed E-state index contributed by atoms with van der Waals surface area (Å²) in [4.78, 5) is 12.8. The number of ether oxygens (including phenoxy) is 1. The second-order valence-electron chi connectivity index (χ2n) is 6.16. The van der Waals surface area contributed by atoms with Crippen molar-refractivity contribution in [1.29, 1.82) is 5.26 Å². The summed E-state index contributed by atoms with van der Waals surface area (Å²) in [5.41, 5.74) is 2.62. The van der Waals surface area contributed by atoms with Crippen LogP contribution in [0.2, 0.25) is 0 Å². The van der Waals surface area contributed by atoms with Gasteiger partial charge in [0.2, 0.25) is 0 Å². The minimum Gasteiger partial charge on any atom is -0.460 e. The van der Waals surface area contributed by atoms with Crippen LogP contribution in [0, 0.1) is 16.7 Å². The topological polar surface area (TPSA) is 50.1 Å². The molecule has 3 rings (SSSR count). The van der Waals surface area contributed by atoms with Gasteiger partial charge in [0.15, 0.2) is 5.41 Å². The van der Waals surface area contributed by atoms with E-state index in [0.717, 1.165) is 22.3 Å². The van der Waals surface area contributed by atoms with E-state index in [-0.39, 0.29) is 6.61 Å². The molecule has 0 radical (unpaired) electrons. The molecule has 0 amide bonds. The Hall–Kier alpha value is -3.12. The van der Waals surface area contributed by atoms with Crippen LogP contribution >= 0.6 is 0 Å². The average molecular weight is 329 g/mol. The van der Waals surface area contributed by atoms with Crippen LogP contribution in [0.4, 0.5) is 0 Å². The third-order valence-corrected chi connectivity index (χ3v) is 4.53. The maximum absolute atomic E-state index is 12.8. The standard InChI is InChI=1S/C22H19NO2/c1-2-18-12-13-22(16-23,14-19-10-6-7-11-20(18)19)21(24)25-15-17-8-4-3-5-9-17/h2-12H,1,13-15H2. The molecule has 0 bridgehead atoms. The molecule has 0 spiro atoms. The second kappa shape index (κ2) is 7.19. The van der Waals surface area contributed by atoms with Crippen LogP contribution in [0.3, 0.4) is 0 Å². The Morgan fingerprint density at radius 2 is 1.92 bits per heavy atom. The molecular formula is C22H19NO2. The SMILES string of the molecule is C=CC1=CCC(C#N)(C(=O)OCc2ccccc2)Cc2ccccc21. The molecule has 2 aromatic rings. The average Bonchev–Trinajstić information content (AvgIpc) is 2.84. The van der Waals surface area contributed by atoms with Gasteiger partial charge in [0.1, 0.15) is 6.61 Å². The number of allylic oxidation sites excluding steroid dienone is 3. The van der Waals surface area contributed by atoms with Crippen molar-refractivity contribution in [2.24, 2.45) is 5.41 Å². The highest BCUT2D eigenvalue weighted by molar-refractivity contribution is 5.84. The number of nitrogens with zero attached hydrogens (tertiary/aromatic N) is 1. The first kappa shape index (κ1) is 16.7. The lowest BCUT2D eigenvalue weighted by atomic mass is 9.80. The Labute approximate surface area is 147 Å². The highest BCUT2D eigenvalue weighted by Gasteiger charge is 2.41. The van der Waals surface area contributed by atoms with E-state index in [2.05, 4.69) is 12.6 Å². The lowest BCUT2D eigenvalue weighted by Crippen LogP contribution is -2.33. The number of nitriles is 1. The molecule has 0 aliphatic heterocycles. The van der Waals surface area contributed by atoms with Crippen LogP contribution in [0.15, 0.2) is 73.3 Å². The zero-order valence-electron chi connectivity index (χ0n) is 13.9. The first-order valence-corrected chi connectivity index (χ1v) is 8.22. The van der Waals surface area contributed by atoms with Gasteiger partial charge in [0, 0.05) is 6.42 Å². The molecule has 1 aliphatic rings. The van der Waals surface area contributed by atoms with Gasteiger partial charge < -0.3 is 4.74 Å². The molecule has 0 saturated carbocycles. The molecule has 1 aliphatic carbocycles. The van der Waals surface area contributed by atoms with E-state index in [9.17, 15) is 10.1 Å². The normalized spacial score (nSPS) is 18.9. The maximum atomic E-state index is 12.8. The zero-order valence-corrected chi connectivity index (χ0v) is 13.9. The zero-order chi connectivity index (χ0) is 17.7. The molecule has 0 fully saturated rings. The van der Waals surface area contributed by atoms with E-state index in [1.807, 2.05) is 60.7 Å². The van der Waals surface area contributed by atoms with E-state index >= 15 is 0 Å². The molecule has 25 heavy (non-hydrogen) atoms. The van der Waals surface area contributed by atoms with Crippen LogP contribution in [0.1, 0.15) is 23.1 Å². The molecule has 0 heterocycles. The van der Waals surface area contributed by atoms with Gasteiger partial charge in [-0.25, -0.2) is 0 Å². The first-order chi connectivity index (χ1) is 12.2. The van der Waals surface area contributed by atoms with Crippen molar-refractivity contribution in [2.45, 2.75) is 19.4 Å². The van der Waals surface area contributed by atoms with Gasteiger partial charge >= 0.3 is 5.97 Å². The number of hydrogen-bond donors (Lipinski definition) is 0. The van der Waals surface area contributed by atoms with Crippen LogP contribution in [-0.4, -0.2) is 5.97 Å². The molecule has 1 atom stereocenters. The molecule has 0 aromatic heterocycles. The van der Waals surface area contributed by atoms with Crippen LogP contribution in [-0.2, 0) is 22.6 Å². The Morgan fingerprint density at radius 1 is 1.20 bits per heavy atom. The lowest BCUT2D eigenvalue weighted by Gasteiger charge is -2.22. The Kier molecular flexibility index (Phi) is 4.81. The minimum absolute atomic E-state index is 0.169. The molecule has 2 aromatic carbocycles. The smallest absolute Gasteiger partial charge is 0.327 e. The van der Waals surface area contributed by atoms with Gasteiger partial charge in [0.05, 0.1) is 6.07 Å². The fourth-order valence-corrected chi connectivity index (χ4v) is 3.09. The summed E-state index contributed by atoms with van der Waals surface area (Å²) in [6.45, 7) is 4.02. The molecule has 0 N–H and O–H groups in total. The summed E-state index contributed by atoms with van der Waals surface area (Å²) in [5, 5.41) is 9.81. The quantitative estimate of drug-likeness (QED) is 0.778. The summed E-state index contributed by atoms with van der Waals surface area (Å²) in [6, 6.07) is 19.5. The molecule has 1 unspecified atom stereocenters. The van der Waals surface area contributed by atoms with E-state index in [0.29, 0.717) is 12.8 Å². The molecule has 3 heteroatoms. The number of benzene rings is 2. The number of carbonyl (C=O) groups excluding carboxylic acids is 1. The first-order valence-electron chi connectivity index (χ1n) is 8.22. The van der Waals surface area contributed by atoms with Crippen molar-refractivity contribution < 1.29 is 9.53 Å². The van der Waals surface area contributed by atoms with Crippen LogP contribution in [0.25, 0.3) is 5.57 Å². The van der Waals surface area contributed by atoms with E-state index in [1.165, 1.54) is 0 Å². The van der Waals surface area contributed by atoms with E-state index in [4.69, 9.17) is 4.74 Å². The van der Waals surface area contributed by atoms with Crippen molar-refractivity contribution in [3.63, 3.8) is 0 Å². The predicted octanol–water partition coefficient (Wildman–Crippen LogP) is 4.46. The highest BCUT2D eigenvalue weighted by Crippen LogP contribution is 2.37. The van der Waals surface area contributed by atoms with E-state index < -0.39 is 11.4 Å². The summed E-state index contributed by atoms with van der Waals surface area (Å²) in [7, 11) is 0. The fourth-order valence-electron chi connectivity index (χ4n) is 3.09. The van der Waals surface area contributed by atoms with Gasteiger partial charge in [-0.2, -0.15) is 5.26 Å². The number of hydrogen-bond acceptors (Lipinski definition) is 3. The fraction of sp³-hybridized carbons (Fsp3) is 0.182. The Balaban J connectivity index is 1.88. The third kappa shape index (κ3) is 3.39. The monoisotopic (exact) mass is 329 g/mol. The summed E-state index contributed by atoms with van der Waals surface area (Å²) in [6.07, 6.45) is 4.32. The largest absolute Gasteiger partial charge is 0.460 e. The van der Waals surface area contributed by atoms with Crippen molar-refractivity contribution in [1.82, 2.24) is 0 Å². The number of fused-ring (bicyclic) bond motifs is 1. The Morgan fingerprint density at radius 3 is 2.64 bits per heavy atom. The van der Waals surface area contributed by atoms with Gasteiger partial charge in [-0.15, -0.1) is 0 Å². The predicted molar refractivity (Wildman–Crippen MR) is 97.2 cm³/mol. The number of carbonyl (C=O) groups is 1. The van der Waals surface area contributed by atoms with Crippen molar-refractivity contribution >= 4 is 11.5 Å². The van der Waals surface area contributed by atoms with Gasteiger partial charge in [0.25, 0.3) is 0 Å². The van der Waals surface area contributed by atoms with Crippen molar-refractivity contribution in [2.75, 3.05) is 0 Å². The van der Waals surface area contributed by atoms with Crippen LogP contribution in [0.5, 0.6) is 0 Å². The van der Waals surface area contributed by atoms with Crippen molar-refractivity contribution in [3.8, 4) is 6.07 Å². The Bertz CT molecular complexity index is 861. The lowest BCUT2D eigenvalue weighted by molar-refractivity contribution is -0.153. The maximum Gasteiger partial charge on any atom is 0.327 e. The van der Waals surface area contributed by atoms with Gasteiger partial charge in [-0.1, -0.05) is 73.3 Å². The molecule has 3 nitrogen and oxygen atoms in total. The molecule has 0 saturated heterocycles. The minimum atomic E-state index is -1.21. The molecule has 124 valence electrons. The van der Waals surface area contributed by atoms with Crippen LogP contribution < -0.4 is 0 Å². The van der Waals surface area contributed by atoms with Crippen molar-refractivity contribution in [3.05, 3.63) is 90.0 Å². The highest BCUT2D eigenvalue weighted by atomic mass is 16.5. The van der Waals surface area contributed by atoms with Gasteiger partial charge in [-0.05, 0) is 28.7 Å².